The Labute approximate surface area is 182 Å². The molecule has 2 fully saturated rings. The SMILES string of the molecule is CCC(=O)NC.CCN1CCOCC1.CNC(=O)CN1CCOCC1.CNC(C)=O. The van der Waals surface area contributed by atoms with Crippen LogP contribution in [0.5, 0.6) is 0 Å². The summed E-state index contributed by atoms with van der Waals surface area (Å²) in [6, 6.07) is 0. The molecule has 2 aliphatic heterocycles. The fourth-order valence-electron chi connectivity index (χ4n) is 2.14. The van der Waals surface area contributed by atoms with Gasteiger partial charge in [0.1, 0.15) is 0 Å². The van der Waals surface area contributed by atoms with Gasteiger partial charge in [-0.1, -0.05) is 13.8 Å². The second-order valence-corrected chi connectivity index (χ2v) is 6.44. The Morgan fingerprint density at radius 3 is 1.37 bits per heavy atom. The van der Waals surface area contributed by atoms with Crippen molar-refractivity contribution in [1.82, 2.24) is 25.8 Å². The molecule has 0 aromatic rings. The van der Waals surface area contributed by atoms with Gasteiger partial charge in [-0.25, -0.2) is 0 Å². The molecule has 2 heterocycles. The van der Waals surface area contributed by atoms with Gasteiger partial charge in [-0.15, -0.1) is 0 Å². The lowest BCUT2D eigenvalue weighted by molar-refractivity contribution is -0.123. The van der Waals surface area contributed by atoms with Gasteiger partial charge in [0.25, 0.3) is 0 Å². The van der Waals surface area contributed by atoms with Crippen molar-refractivity contribution in [2.24, 2.45) is 0 Å². The maximum atomic E-state index is 10.9. The van der Waals surface area contributed by atoms with Gasteiger partial charge in [0.15, 0.2) is 0 Å². The lowest BCUT2D eigenvalue weighted by atomic mass is 10.4. The van der Waals surface area contributed by atoms with E-state index in [2.05, 4.69) is 32.7 Å². The summed E-state index contributed by atoms with van der Waals surface area (Å²) in [7, 11) is 4.89. The van der Waals surface area contributed by atoms with Gasteiger partial charge in [0.05, 0.1) is 33.0 Å². The van der Waals surface area contributed by atoms with Crippen molar-refractivity contribution in [1.29, 1.82) is 0 Å². The van der Waals surface area contributed by atoms with Crippen molar-refractivity contribution in [3.05, 3.63) is 0 Å². The number of nitrogens with zero attached hydrogens (tertiary/aromatic N) is 2. The van der Waals surface area contributed by atoms with Gasteiger partial charge in [-0.05, 0) is 6.54 Å². The average Bonchev–Trinajstić information content (AvgIpc) is 2.80. The van der Waals surface area contributed by atoms with E-state index in [-0.39, 0.29) is 17.7 Å². The number of ether oxygens (including phenoxy) is 2. The first-order chi connectivity index (χ1) is 14.3. The Morgan fingerprint density at radius 2 is 1.13 bits per heavy atom. The molecule has 0 atom stereocenters. The van der Waals surface area contributed by atoms with Gasteiger partial charge >= 0.3 is 0 Å². The third kappa shape index (κ3) is 21.0. The predicted molar refractivity (Wildman–Crippen MR) is 118 cm³/mol. The minimum Gasteiger partial charge on any atom is -0.379 e. The molecule has 3 N–H and O–H groups in total. The van der Waals surface area contributed by atoms with Gasteiger partial charge < -0.3 is 25.4 Å². The van der Waals surface area contributed by atoms with Gasteiger partial charge in [-0.3, -0.25) is 24.2 Å². The Kier molecular flexibility index (Phi) is 22.3. The number of morpholine rings is 2. The highest BCUT2D eigenvalue weighted by molar-refractivity contribution is 5.77. The van der Waals surface area contributed by atoms with Crippen LogP contribution in [0.4, 0.5) is 0 Å². The normalized spacial score (nSPS) is 16.2. The van der Waals surface area contributed by atoms with Crippen LogP contribution in [-0.4, -0.2) is 114 Å². The minimum absolute atomic E-state index is 0.00463. The standard InChI is InChI=1S/C7H14N2O2.C6H13NO.C4H9NO.C3H7NO/c1-8-7(10)6-9-2-4-11-5-3-9;1-2-7-3-5-8-6-4-7;1-3-4(6)5-2;1-3(5)4-2/h2-6H2,1H3,(H,8,10);2-6H2,1H3;3H2,1-2H3,(H,5,6);1-2H3,(H,4,5). The lowest BCUT2D eigenvalue weighted by Gasteiger charge is -2.25. The summed E-state index contributed by atoms with van der Waals surface area (Å²) in [5.41, 5.74) is 0. The van der Waals surface area contributed by atoms with Crippen LogP contribution >= 0.6 is 0 Å². The van der Waals surface area contributed by atoms with Gasteiger partial charge in [0.2, 0.25) is 17.7 Å². The Hall–Kier alpha value is -1.75. The molecule has 178 valence electrons. The lowest BCUT2D eigenvalue weighted by Crippen LogP contribution is -2.42. The molecule has 30 heavy (non-hydrogen) atoms. The average molecular weight is 434 g/mol. The molecule has 0 unspecified atom stereocenters. The first kappa shape index (κ1) is 30.4. The minimum atomic E-state index is 0.00463. The van der Waals surface area contributed by atoms with Gasteiger partial charge in [-0.2, -0.15) is 0 Å². The zero-order chi connectivity index (χ0) is 23.2. The molecule has 10 nitrogen and oxygen atoms in total. The quantitative estimate of drug-likeness (QED) is 0.537. The van der Waals surface area contributed by atoms with Crippen LogP contribution in [0.3, 0.4) is 0 Å². The summed E-state index contributed by atoms with van der Waals surface area (Å²) in [6.45, 7) is 14.5. The Bertz CT molecular complexity index is 433. The van der Waals surface area contributed by atoms with E-state index in [4.69, 9.17) is 9.47 Å². The van der Waals surface area contributed by atoms with Crippen LogP contribution in [0, 0.1) is 0 Å². The second-order valence-electron chi connectivity index (χ2n) is 6.44. The number of likely N-dealkylation sites (N-methyl/N-ethyl adjacent to an activating group) is 2. The molecule has 0 aromatic carbocycles. The monoisotopic (exact) mass is 433 g/mol. The summed E-state index contributed by atoms with van der Waals surface area (Å²) in [4.78, 5) is 35.1. The number of carbonyl (C=O) groups excluding carboxylic acids is 3. The zero-order valence-electron chi connectivity index (χ0n) is 19.7. The van der Waals surface area contributed by atoms with E-state index >= 15 is 0 Å². The third-order valence-electron chi connectivity index (χ3n) is 4.25. The number of hydrogen-bond donors (Lipinski definition) is 3. The van der Waals surface area contributed by atoms with Crippen LogP contribution < -0.4 is 16.0 Å². The van der Waals surface area contributed by atoms with E-state index in [9.17, 15) is 14.4 Å². The molecule has 2 saturated heterocycles. The summed E-state index contributed by atoms with van der Waals surface area (Å²) in [5, 5.41) is 7.46. The van der Waals surface area contributed by atoms with Crippen molar-refractivity contribution >= 4 is 17.7 Å². The molecule has 2 rings (SSSR count). The number of carbonyl (C=O) groups is 3. The van der Waals surface area contributed by atoms with E-state index in [0.717, 1.165) is 52.6 Å². The topological polar surface area (TPSA) is 112 Å². The fourth-order valence-corrected chi connectivity index (χ4v) is 2.14. The molecular formula is C20H43N5O5. The Morgan fingerprint density at radius 1 is 0.733 bits per heavy atom. The number of amides is 3. The van der Waals surface area contributed by atoms with E-state index in [0.29, 0.717) is 13.0 Å². The predicted octanol–water partition coefficient (Wildman–Crippen LogP) is -0.702. The third-order valence-corrected chi connectivity index (χ3v) is 4.25. The number of hydrogen-bond acceptors (Lipinski definition) is 7. The maximum Gasteiger partial charge on any atom is 0.233 e. The fraction of sp³-hybridized carbons (Fsp3) is 0.850. The molecule has 0 bridgehead atoms. The first-order valence-corrected chi connectivity index (χ1v) is 10.5. The molecule has 10 heteroatoms. The van der Waals surface area contributed by atoms with Crippen LogP contribution in [0.25, 0.3) is 0 Å². The second kappa shape index (κ2) is 21.9. The zero-order valence-corrected chi connectivity index (χ0v) is 19.7. The van der Waals surface area contributed by atoms with Gasteiger partial charge in [0, 0.05) is 60.7 Å². The van der Waals surface area contributed by atoms with E-state index in [1.54, 1.807) is 21.1 Å². The van der Waals surface area contributed by atoms with Crippen molar-refractivity contribution in [2.75, 3.05) is 86.8 Å². The molecular weight excluding hydrogens is 390 g/mol. The molecule has 0 spiro atoms. The van der Waals surface area contributed by atoms with Crippen molar-refractivity contribution in [3.8, 4) is 0 Å². The van der Waals surface area contributed by atoms with Crippen LogP contribution in [-0.2, 0) is 23.9 Å². The molecule has 0 aliphatic carbocycles. The van der Waals surface area contributed by atoms with Crippen LogP contribution in [0.15, 0.2) is 0 Å². The largest absolute Gasteiger partial charge is 0.379 e. The first-order valence-electron chi connectivity index (χ1n) is 10.5. The Balaban J connectivity index is 0. The number of rotatable bonds is 4. The molecule has 3 amide bonds. The van der Waals surface area contributed by atoms with Crippen molar-refractivity contribution in [2.45, 2.75) is 27.2 Å². The van der Waals surface area contributed by atoms with E-state index in [1.807, 2.05) is 6.92 Å². The van der Waals surface area contributed by atoms with Crippen molar-refractivity contribution < 1.29 is 23.9 Å². The molecule has 0 aromatic heterocycles. The summed E-state index contributed by atoms with van der Waals surface area (Å²) in [6.07, 6.45) is 0.580. The molecule has 0 radical (unpaired) electrons. The highest BCUT2D eigenvalue weighted by Gasteiger charge is 2.12. The molecule has 2 aliphatic rings. The summed E-state index contributed by atoms with van der Waals surface area (Å²) < 4.78 is 10.3. The molecule has 0 saturated carbocycles. The maximum absolute atomic E-state index is 10.9. The van der Waals surface area contributed by atoms with Crippen LogP contribution in [0.1, 0.15) is 27.2 Å². The van der Waals surface area contributed by atoms with E-state index < -0.39 is 0 Å². The summed E-state index contributed by atoms with van der Waals surface area (Å²) >= 11 is 0. The highest BCUT2D eigenvalue weighted by atomic mass is 16.5. The van der Waals surface area contributed by atoms with E-state index in [1.165, 1.54) is 13.5 Å². The van der Waals surface area contributed by atoms with Crippen molar-refractivity contribution in [3.63, 3.8) is 0 Å². The highest BCUT2D eigenvalue weighted by Crippen LogP contribution is 1.95. The number of nitrogens with one attached hydrogen (secondary N) is 3. The smallest absolute Gasteiger partial charge is 0.233 e. The summed E-state index contributed by atoms with van der Waals surface area (Å²) in [5.74, 6) is 0.173. The van der Waals surface area contributed by atoms with Crippen LogP contribution in [0.2, 0.25) is 0 Å².